The molecule has 0 aliphatic carbocycles. The molecule has 2 aliphatic rings. The van der Waals surface area contributed by atoms with Gasteiger partial charge in [0.2, 0.25) is 5.91 Å². The van der Waals surface area contributed by atoms with Gasteiger partial charge in [0, 0.05) is 36.9 Å². The van der Waals surface area contributed by atoms with E-state index >= 15 is 0 Å². The Bertz CT molecular complexity index is 1230. The van der Waals surface area contributed by atoms with Crippen LogP contribution in [0.1, 0.15) is 11.1 Å². The second-order valence-corrected chi connectivity index (χ2v) is 9.75. The van der Waals surface area contributed by atoms with Crippen molar-refractivity contribution in [3.05, 3.63) is 82.9 Å². The lowest BCUT2D eigenvalue weighted by Gasteiger charge is -2.49. The first-order chi connectivity index (χ1) is 17.6. The third kappa shape index (κ3) is 4.82. The summed E-state index contributed by atoms with van der Waals surface area (Å²) in [6.45, 7) is 2.93. The lowest BCUT2D eigenvalue weighted by molar-refractivity contribution is -0.125. The Labute approximate surface area is 217 Å². The molecule has 3 aromatic carbocycles. The van der Waals surface area contributed by atoms with E-state index in [0.29, 0.717) is 11.6 Å². The average Bonchev–Trinajstić information content (AvgIpc) is 2.92. The number of nitrogens with one attached hydrogen (secondary N) is 1. The molecule has 2 heterocycles. The summed E-state index contributed by atoms with van der Waals surface area (Å²) >= 11 is 6.34. The number of rotatable bonds is 7. The molecule has 2 atom stereocenters. The molecular formula is C29H32ClN3O3. The monoisotopic (exact) mass is 505 g/mol. The fourth-order valence-corrected chi connectivity index (χ4v) is 5.71. The maximum Gasteiger partial charge on any atom is 0.225 e. The topological polar surface area (TPSA) is 54.0 Å². The number of carbonyl (C=O) groups is 1. The van der Waals surface area contributed by atoms with Gasteiger partial charge < -0.3 is 24.6 Å². The molecule has 6 nitrogen and oxygen atoms in total. The van der Waals surface area contributed by atoms with Crippen molar-refractivity contribution in [1.29, 1.82) is 0 Å². The smallest absolute Gasteiger partial charge is 0.225 e. The summed E-state index contributed by atoms with van der Waals surface area (Å²) in [5, 5.41) is 3.89. The van der Waals surface area contributed by atoms with Crippen LogP contribution in [0.15, 0.2) is 66.7 Å². The number of methoxy groups -OCH3 is 2. The first-order valence-corrected chi connectivity index (χ1v) is 12.8. The van der Waals surface area contributed by atoms with Crippen molar-refractivity contribution in [2.24, 2.45) is 5.92 Å². The second-order valence-electron chi connectivity index (χ2n) is 9.32. The maximum absolute atomic E-state index is 13.6. The SMILES string of the molecule is COc1ccccc1CCNC(=O)[C@@H]1Cc2ccccc2N2CCN(c3cc(Cl)ccc3OC)C[C@H]12. The molecule has 188 valence electrons. The number of para-hydroxylation sites is 2. The van der Waals surface area contributed by atoms with Gasteiger partial charge in [-0.3, -0.25) is 4.79 Å². The van der Waals surface area contributed by atoms with Crippen LogP contribution in [0.5, 0.6) is 11.5 Å². The van der Waals surface area contributed by atoms with E-state index in [9.17, 15) is 4.79 Å². The summed E-state index contributed by atoms with van der Waals surface area (Å²) in [5.41, 5.74) is 4.53. The first-order valence-electron chi connectivity index (χ1n) is 12.4. The van der Waals surface area contributed by atoms with Crippen molar-refractivity contribution in [3.63, 3.8) is 0 Å². The van der Waals surface area contributed by atoms with Gasteiger partial charge in [-0.1, -0.05) is 48.0 Å². The third-order valence-electron chi connectivity index (χ3n) is 7.33. The zero-order valence-corrected chi connectivity index (χ0v) is 21.5. The molecule has 1 fully saturated rings. The Morgan fingerprint density at radius 3 is 2.58 bits per heavy atom. The zero-order valence-electron chi connectivity index (χ0n) is 20.7. The molecule has 0 radical (unpaired) electrons. The third-order valence-corrected chi connectivity index (χ3v) is 7.56. The maximum atomic E-state index is 13.6. The van der Waals surface area contributed by atoms with E-state index in [0.717, 1.165) is 55.2 Å². The number of hydrogen-bond acceptors (Lipinski definition) is 5. The number of nitrogens with zero attached hydrogens (tertiary/aromatic N) is 2. The lowest BCUT2D eigenvalue weighted by atomic mass is 9.83. The largest absolute Gasteiger partial charge is 0.496 e. The van der Waals surface area contributed by atoms with Crippen LogP contribution >= 0.6 is 11.6 Å². The minimum absolute atomic E-state index is 0.0450. The van der Waals surface area contributed by atoms with E-state index in [4.69, 9.17) is 21.1 Å². The van der Waals surface area contributed by atoms with Crippen molar-refractivity contribution in [2.45, 2.75) is 18.9 Å². The molecule has 0 unspecified atom stereocenters. The number of benzene rings is 3. The van der Waals surface area contributed by atoms with Gasteiger partial charge in [-0.2, -0.15) is 0 Å². The van der Waals surface area contributed by atoms with Gasteiger partial charge in [0.05, 0.1) is 31.9 Å². The van der Waals surface area contributed by atoms with Crippen molar-refractivity contribution < 1.29 is 14.3 Å². The van der Waals surface area contributed by atoms with E-state index in [1.807, 2.05) is 42.5 Å². The van der Waals surface area contributed by atoms with Crippen LogP contribution in [0.4, 0.5) is 11.4 Å². The number of carbonyl (C=O) groups excluding carboxylic acids is 1. The minimum atomic E-state index is -0.162. The van der Waals surface area contributed by atoms with Gasteiger partial charge in [0.25, 0.3) is 0 Å². The van der Waals surface area contributed by atoms with Crippen molar-refractivity contribution in [1.82, 2.24) is 5.32 Å². The highest BCUT2D eigenvalue weighted by molar-refractivity contribution is 6.31. The number of anilines is 2. The summed E-state index contributed by atoms with van der Waals surface area (Å²) in [5.74, 6) is 1.57. The van der Waals surface area contributed by atoms with E-state index < -0.39 is 0 Å². The van der Waals surface area contributed by atoms with Gasteiger partial charge in [0.15, 0.2) is 0 Å². The number of fused-ring (bicyclic) bond motifs is 3. The van der Waals surface area contributed by atoms with Crippen molar-refractivity contribution in [3.8, 4) is 11.5 Å². The Morgan fingerprint density at radius 1 is 0.972 bits per heavy atom. The predicted octanol–water partition coefficient (Wildman–Crippen LogP) is 4.58. The Morgan fingerprint density at radius 2 is 1.75 bits per heavy atom. The Hall–Kier alpha value is -3.38. The van der Waals surface area contributed by atoms with Crippen molar-refractivity contribution in [2.75, 3.05) is 50.2 Å². The second kappa shape index (κ2) is 10.7. The number of halogens is 1. The Balaban J connectivity index is 1.36. The fourth-order valence-electron chi connectivity index (χ4n) is 5.55. The molecule has 0 spiro atoms. The van der Waals surface area contributed by atoms with Crippen LogP contribution in [0.2, 0.25) is 5.02 Å². The summed E-state index contributed by atoms with van der Waals surface area (Å²) < 4.78 is 11.1. The molecule has 0 bridgehead atoms. The molecule has 1 amide bonds. The van der Waals surface area contributed by atoms with Crippen LogP contribution in [0.25, 0.3) is 0 Å². The first kappa shape index (κ1) is 24.3. The van der Waals surface area contributed by atoms with Crippen LogP contribution in [-0.4, -0.2) is 52.3 Å². The van der Waals surface area contributed by atoms with Crippen LogP contribution in [0, 0.1) is 5.92 Å². The van der Waals surface area contributed by atoms with Crippen LogP contribution in [0.3, 0.4) is 0 Å². The highest BCUT2D eigenvalue weighted by atomic mass is 35.5. The van der Waals surface area contributed by atoms with Crippen LogP contribution < -0.4 is 24.6 Å². The molecule has 0 saturated carbocycles. The molecular weight excluding hydrogens is 474 g/mol. The fraction of sp³-hybridized carbons (Fsp3) is 0.345. The molecule has 7 heteroatoms. The molecule has 1 N–H and O–H groups in total. The number of amides is 1. The van der Waals surface area contributed by atoms with Crippen LogP contribution in [-0.2, 0) is 17.6 Å². The van der Waals surface area contributed by atoms with Gasteiger partial charge in [-0.25, -0.2) is 0 Å². The molecule has 1 saturated heterocycles. The molecule has 0 aromatic heterocycles. The summed E-state index contributed by atoms with van der Waals surface area (Å²) in [6, 6.07) is 22.2. The van der Waals surface area contributed by atoms with Gasteiger partial charge >= 0.3 is 0 Å². The normalized spacial score (nSPS) is 18.8. The van der Waals surface area contributed by atoms with E-state index in [1.165, 1.54) is 11.3 Å². The average molecular weight is 506 g/mol. The summed E-state index contributed by atoms with van der Waals surface area (Å²) in [7, 11) is 3.35. The molecule has 36 heavy (non-hydrogen) atoms. The predicted molar refractivity (Wildman–Crippen MR) is 145 cm³/mol. The standard InChI is InChI=1S/C29H32ClN3O3/c1-35-27-10-6-4-7-20(27)13-14-31-29(34)23-17-21-8-3-5-9-24(21)33-16-15-32(19-26(23)33)25-18-22(30)11-12-28(25)36-2/h3-12,18,23,26H,13-17,19H2,1-2H3,(H,31,34)/t23-,26-/m1/s1. The van der Waals surface area contributed by atoms with Gasteiger partial charge in [-0.15, -0.1) is 0 Å². The highest BCUT2D eigenvalue weighted by Crippen LogP contribution is 2.39. The molecule has 5 rings (SSSR count). The Kier molecular flexibility index (Phi) is 7.23. The molecule has 3 aromatic rings. The van der Waals surface area contributed by atoms with Crippen molar-refractivity contribution >= 4 is 28.9 Å². The number of hydrogen-bond donors (Lipinski definition) is 1. The van der Waals surface area contributed by atoms with E-state index in [1.54, 1.807) is 14.2 Å². The number of ether oxygens (including phenoxy) is 2. The van der Waals surface area contributed by atoms with E-state index in [2.05, 4.69) is 39.4 Å². The highest BCUT2D eigenvalue weighted by Gasteiger charge is 2.41. The lowest BCUT2D eigenvalue weighted by Crippen LogP contribution is -2.61. The molecule has 2 aliphatic heterocycles. The summed E-state index contributed by atoms with van der Waals surface area (Å²) in [6.07, 6.45) is 1.44. The van der Waals surface area contributed by atoms with Gasteiger partial charge in [0.1, 0.15) is 11.5 Å². The number of piperazine rings is 1. The zero-order chi connectivity index (χ0) is 25.1. The minimum Gasteiger partial charge on any atom is -0.496 e. The summed E-state index contributed by atoms with van der Waals surface area (Å²) in [4.78, 5) is 18.3. The van der Waals surface area contributed by atoms with E-state index in [-0.39, 0.29) is 17.9 Å². The quantitative estimate of drug-likeness (QED) is 0.509. The van der Waals surface area contributed by atoms with Gasteiger partial charge in [-0.05, 0) is 54.3 Å².